The van der Waals surface area contributed by atoms with Crippen molar-refractivity contribution in [3.8, 4) is 0 Å². The van der Waals surface area contributed by atoms with Crippen molar-refractivity contribution >= 4 is 5.91 Å². The van der Waals surface area contributed by atoms with Gasteiger partial charge in [0.15, 0.2) is 5.89 Å². The number of nitrogens with zero attached hydrogens (tertiary/aromatic N) is 1. The van der Waals surface area contributed by atoms with Crippen molar-refractivity contribution in [2.75, 3.05) is 19.6 Å². The molecule has 1 amide bonds. The maximum absolute atomic E-state index is 12.9. The van der Waals surface area contributed by atoms with Crippen molar-refractivity contribution in [2.45, 2.75) is 24.9 Å². The molecule has 0 bridgehead atoms. The standard InChI is InChI=1S/C17H20FN3O3/c18-13-3-1-11(2-4-13)14(22)9-20-16(23)15-10-21-17(24-15)12-5-7-19-8-6-12/h1-4,10,12,14,19,22H,5-9H2,(H,20,23). The van der Waals surface area contributed by atoms with Crippen LogP contribution in [0.25, 0.3) is 0 Å². The highest BCUT2D eigenvalue weighted by atomic mass is 19.1. The number of halogens is 1. The SMILES string of the molecule is O=C(NCC(O)c1ccc(F)cc1)c1cnc(C2CCNCC2)o1. The molecule has 7 heteroatoms. The summed E-state index contributed by atoms with van der Waals surface area (Å²) in [6.45, 7) is 1.84. The Labute approximate surface area is 139 Å². The fourth-order valence-electron chi connectivity index (χ4n) is 2.73. The predicted molar refractivity (Wildman–Crippen MR) is 85.0 cm³/mol. The van der Waals surface area contributed by atoms with E-state index in [0.29, 0.717) is 11.5 Å². The van der Waals surface area contributed by atoms with E-state index in [9.17, 15) is 14.3 Å². The van der Waals surface area contributed by atoms with Crippen molar-refractivity contribution in [3.05, 3.63) is 53.5 Å². The first-order valence-electron chi connectivity index (χ1n) is 8.01. The highest BCUT2D eigenvalue weighted by Crippen LogP contribution is 2.24. The monoisotopic (exact) mass is 333 g/mol. The highest BCUT2D eigenvalue weighted by Gasteiger charge is 2.22. The number of hydrogen-bond acceptors (Lipinski definition) is 5. The average molecular weight is 333 g/mol. The number of piperidine rings is 1. The maximum atomic E-state index is 12.9. The number of aliphatic hydroxyl groups is 1. The molecule has 0 saturated carbocycles. The van der Waals surface area contributed by atoms with Crippen molar-refractivity contribution in [3.63, 3.8) is 0 Å². The van der Waals surface area contributed by atoms with Crippen LogP contribution < -0.4 is 10.6 Å². The van der Waals surface area contributed by atoms with Gasteiger partial charge in [-0.15, -0.1) is 0 Å². The van der Waals surface area contributed by atoms with Gasteiger partial charge in [0.05, 0.1) is 12.3 Å². The number of rotatable bonds is 5. The van der Waals surface area contributed by atoms with Gasteiger partial charge in [-0.1, -0.05) is 12.1 Å². The Morgan fingerprint density at radius 2 is 2.08 bits per heavy atom. The molecule has 1 atom stereocenters. The molecule has 24 heavy (non-hydrogen) atoms. The van der Waals surface area contributed by atoms with Gasteiger partial charge in [0.1, 0.15) is 5.82 Å². The van der Waals surface area contributed by atoms with Crippen LogP contribution in [-0.4, -0.2) is 35.6 Å². The summed E-state index contributed by atoms with van der Waals surface area (Å²) in [7, 11) is 0. The Morgan fingerprint density at radius 3 is 2.79 bits per heavy atom. The summed E-state index contributed by atoms with van der Waals surface area (Å²) in [6.07, 6.45) is 2.37. The molecule has 6 nitrogen and oxygen atoms in total. The molecule has 0 radical (unpaired) electrons. The predicted octanol–water partition coefficient (Wildman–Crippen LogP) is 1.74. The van der Waals surface area contributed by atoms with Crippen LogP contribution in [-0.2, 0) is 0 Å². The molecule has 1 aliphatic rings. The third kappa shape index (κ3) is 3.98. The van der Waals surface area contributed by atoms with E-state index in [1.807, 2.05) is 0 Å². The fourth-order valence-corrected chi connectivity index (χ4v) is 2.73. The lowest BCUT2D eigenvalue weighted by Crippen LogP contribution is -2.28. The minimum atomic E-state index is -0.915. The molecule has 1 aliphatic heterocycles. The van der Waals surface area contributed by atoms with Gasteiger partial charge < -0.3 is 20.2 Å². The first kappa shape index (κ1) is 16.6. The Morgan fingerprint density at radius 1 is 1.38 bits per heavy atom. The first-order valence-corrected chi connectivity index (χ1v) is 8.01. The van der Waals surface area contributed by atoms with E-state index in [1.165, 1.54) is 30.5 Å². The third-order valence-electron chi connectivity index (χ3n) is 4.15. The van der Waals surface area contributed by atoms with Gasteiger partial charge in [0, 0.05) is 12.5 Å². The zero-order valence-corrected chi connectivity index (χ0v) is 13.2. The van der Waals surface area contributed by atoms with Crippen LogP contribution >= 0.6 is 0 Å². The number of aromatic nitrogens is 1. The Balaban J connectivity index is 1.55. The van der Waals surface area contributed by atoms with E-state index < -0.39 is 12.0 Å². The minimum absolute atomic E-state index is 0.00779. The summed E-state index contributed by atoms with van der Waals surface area (Å²) in [4.78, 5) is 16.3. The van der Waals surface area contributed by atoms with E-state index in [-0.39, 0.29) is 24.0 Å². The zero-order valence-electron chi connectivity index (χ0n) is 13.2. The molecular formula is C17H20FN3O3. The van der Waals surface area contributed by atoms with Crippen LogP contribution in [0, 0.1) is 5.82 Å². The quantitative estimate of drug-likeness (QED) is 0.776. The molecule has 2 aromatic rings. The maximum Gasteiger partial charge on any atom is 0.288 e. The molecule has 3 N–H and O–H groups in total. The number of benzene rings is 1. The lowest BCUT2D eigenvalue weighted by atomic mass is 9.98. The molecule has 2 heterocycles. The Hall–Kier alpha value is -2.25. The summed E-state index contributed by atoms with van der Waals surface area (Å²) in [5, 5.41) is 15.9. The van der Waals surface area contributed by atoms with Crippen LogP contribution in [0.1, 0.15) is 46.9 Å². The molecule has 1 aromatic carbocycles. The van der Waals surface area contributed by atoms with Crippen LogP contribution in [0.5, 0.6) is 0 Å². The molecule has 1 aromatic heterocycles. The molecule has 1 fully saturated rings. The minimum Gasteiger partial charge on any atom is -0.435 e. The second-order valence-electron chi connectivity index (χ2n) is 5.86. The number of nitrogens with one attached hydrogen (secondary N) is 2. The van der Waals surface area contributed by atoms with Crippen LogP contribution in [0.15, 0.2) is 34.9 Å². The van der Waals surface area contributed by atoms with Gasteiger partial charge in [0.25, 0.3) is 5.91 Å². The van der Waals surface area contributed by atoms with E-state index in [2.05, 4.69) is 15.6 Å². The summed E-state index contributed by atoms with van der Waals surface area (Å²) in [5.41, 5.74) is 0.532. The molecule has 0 spiro atoms. The Bertz CT molecular complexity index is 681. The van der Waals surface area contributed by atoms with Crippen molar-refractivity contribution < 1.29 is 18.7 Å². The summed E-state index contributed by atoms with van der Waals surface area (Å²) in [5.74, 6) is 0.152. The Kier molecular flexibility index (Phi) is 5.22. The number of oxazole rings is 1. The number of amides is 1. The van der Waals surface area contributed by atoms with Crippen LogP contribution in [0.3, 0.4) is 0 Å². The molecule has 1 saturated heterocycles. The average Bonchev–Trinajstić information content (AvgIpc) is 3.11. The lowest BCUT2D eigenvalue weighted by molar-refractivity contribution is 0.0886. The molecule has 3 rings (SSSR count). The van der Waals surface area contributed by atoms with Crippen molar-refractivity contribution in [2.24, 2.45) is 0 Å². The second kappa shape index (κ2) is 7.55. The van der Waals surface area contributed by atoms with Gasteiger partial charge in [-0.2, -0.15) is 0 Å². The lowest BCUT2D eigenvalue weighted by Gasteiger charge is -2.19. The normalized spacial score (nSPS) is 16.8. The van der Waals surface area contributed by atoms with Crippen molar-refractivity contribution in [1.82, 2.24) is 15.6 Å². The second-order valence-corrected chi connectivity index (χ2v) is 5.86. The van der Waals surface area contributed by atoms with E-state index >= 15 is 0 Å². The van der Waals surface area contributed by atoms with Gasteiger partial charge in [-0.25, -0.2) is 9.37 Å². The number of aliphatic hydroxyl groups excluding tert-OH is 1. The van der Waals surface area contributed by atoms with E-state index in [0.717, 1.165) is 25.9 Å². The first-order chi connectivity index (χ1) is 11.6. The molecule has 128 valence electrons. The number of carbonyl (C=O) groups excluding carboxylic acids is 1. The fraction of sp³-hybridized carbons (Fsp3) is 0.412. The smallest absolute Gasteiger partial charge is 0.288 e. The third-order valence-corrected chi connectivity index (χ3v) is 4.15. The zero-order chi connectivity index (χ0) is 16.9. The summed E-state index contributed by atoms with van der Waals surface area (Å²) >= 11 is 0. The van der Waals surface area contributed by atoms with E-state index in [4.69, 9.17) is 4.42 Å². The molecule has 1 unspecified atom stereocenters. The number of carbonyl (C=O) groups is 1. The largest absolute Gasteiger partial charge is 0.435 e. The van der Waals surface area contributed by atoms with Crippen molar-refractivity contribution in [1.29, 1.82) is 0 Å². The molecular weight excluding hydrogens is 313 g/mol. The van der Waals surface area contributed by atoms with Crippen LogP contribution in [0.2, 0.25) is 0 Å². The summed E-state index contributed by atoms with van der Waals surface area (Å²) in [6, 6.07) is 5.50. The number of hydrogen-bond donors (Lipinski definition) is 3. The molecule has 0 aliphatic carbocycles. The van der Waals surface area contributed by atoms with Gasteiger partial charge in [-0.05, 0) is 43.6 Å². The van der Waals surface area contributed by atoms with E-state index in [1.54, 1.807) is 0 Å². The van der Waals surface area contributed by atoms with Gasteiger partial charge in [-0.3, -0.25) is 4.79 Å². The topological polar surface area (TPSA) is 87.4 Å². The summed E-state index contributed by atoms with van der Waals surface area (Å²) < 4.78 is 18.4. The van der Waals surface area contributed by atoms with Gasteiger partial charge in [0.2, 0.25) is 5.76 Å². The van der Waals surface area contributed by atoms with Crippen LogP contribution in [0.4, 0.5) is 4.39 Å². The van der Waals surface area contributed by atoms with Gasteiger partial charge >= 0.3 is 0 Å². The highest BCUT2D eigenvalue weighted by molar-refractivity contribution is 5.91.